The Labute approximate surface area is 121 Å². The van der Waals surface area contributed by atoms with Gasteiger partial charge >= 0.3 is 0 Å². The van der Waals surface area contributed by atoms with Gasteiger partial charge in [-0.15, -0.1) is 0 Å². The SMILES string of the molecule is Clc1cccc2[nH]c(C3CCOc4ccccc43)nc12. The molecule has 20 heavy (non-hydrogen) atoms. The van der Waals surface area contributed by atoms with E-state index in [1.165, 1.54) is 5.56 Å². The molecule has 0 spiro atoms. The molecule has 0 amide bonds. The molecule has 2 heterocycles. The summed E-state index contributed by atoms with van der Waals surface area (Å²) in [6.07, 6.45) is 0.925. The van der Waals surface area contributed by atoms with Crippen LogP contribution >= 0.6 is 11.6 Å². The van der Waals surface area contributed by atoms with E-state index in [-0.39, 0.29) is 5.92 Å². The molecule has 1 atom stereocenters. The van der Waals surface area contributed by atoms with Crippen LogP contribution in [0, 0.1) is 0 Å². The molecule has 100 valence electrons. The van der Waals surface area contributed by atoms with Gasteiger partial charge in [0, 0.05) is 11.5 Å². The number of nitrogens with one attached hydrogen (secondary N) is 1. The Hall–Kier alpha value is -2.00. The summed E-state index contributed by atoms with van der Waals surface area (Å²) in [7, 11) is 0. The number of aromatic nitrogens is 2. The summed E-state index contributed by atoms with van der Waals surface area (Å²) in [5.41, 5.74) is 3.01. The summed E-state index contributed by atoms with van der Waals surface area (Å²) in [4.78, 5) is 8.09. The summed E-state index contributed by atoms with van der Waals surface area (Å²) in [5, 5.41) is 0.686. The molecule has 0 saturated carbocycles. The number of H-pyrrole nitrogens is 1. The van der Waals surface area contributed by atoms with Crippen LogP contribution in [0.15, 0.2) is 42.5 Å². The quantitative estimate of drug-likeness (QED) is 0.729. The smallest absolute Gasteiger partial charge is 0.123 e. The van der Waals surface area contributed by atoms with Crippen molar-refractivity contribution in [2.45, 2.75) is 12.3 Å². The van der Waals surface area contributed by atoms with Crippen LogP contribution in [0.1, 0.15) is 23.7 Å². The van der Waals surface area contributed by atoms with E-state index in [2.05, 4.69) is 11.1 Å². The van der Waals surface area contributed by atoms with Crippen molar-refractivity contribution in [2.75, 3.05) is 6.61 Å². The number of rotatable bonds is 1. The molecule has 1 unspecified atom stereocenters. The molecule has 0 radical (unpaired) electrons. The average Bonchev–Trinajstić information content (AvgIpc) is 2.92. The highest BCUT2D eigenvalue weighted by Gasteiger charge is 2.25. The van der Waals surface area contributed by atoms with Gasteiger partial charge in [-0.3, -0.25) is 0 Å². The van der Waals surface area contributed by atoms with E-state index in [0.29, 0.717) is 11.6 Å². The average molecular weight is 285 g/mol. The van der Waals surface area contributed by atoms with Crippen molar-refractivity contribution in [1.82, 2.24) is 9.97 Å². The largest absolute Gasteiger partial charge is 0.493 e. The van der Waals surface area contributed by atoms with Crippen LogP contribution in [0.5, 0.6) is 5.75 Å². The lowest BCUT2D eigenvalue weighted by atomic mass is 9.92. The van der Waals surface area contributed by atoms with Gasteiger partial charge in [0.05, 0.1) is 17.1 Å². The predicted molar refractivity (Wildman–Crippen MR) is 79.5 cm³/mol. The monoisotopic (exact) mass is 284 g/mol. The van der Waals surface area contributed by atoms with Crippen LogP contribution in [-0.2, 0) is 0 Å². The summed E-state index contributed by atoms with van der Waals surface area (Å²) >= 11 is 6.20. The van der Waals surface area contributed by atoms with Gasteiger partial charge in [-0.25, -0.2) is 4.98 Å². The third-order valence-corrected chi connectivity index (χ3v) is 4.08. The Kier molecular flexibility index (Phi) is 2.67. The number of imidazole rings is 1. The van der Waals surface area contributed by atoms with Crippen LogP contribution < -0.4 is 4.74 Å². The van der Waals surface area contributed by atoms with E-state index in [1.54, 1.807) is 0 Å². The Morgan fingerprint density at radius 1 is 1.15 bits per heavy atom. The molecule has 3 aromatic rings. The molecule has 1 aliphatic heterocycles. The maximum atomic E-state index is 6.20. The number of aromatic amines is 1. The molecule has 0 fully saturated rings. The van der Waals surface area contributed by atoms with Crippen molar-refractivity contribution >= 4 is 22.6 Å². The normalized spacial score (nSPS) is 17.8. The van der Waals surface area contributed by atoms with E-state index < -0.39 is 0 Å². The molecule has 0 saturated heterocycles. The number of hydrogen-bond donors (Lipinski definition) is 1. The molecule has 1 aliphatic rings. The van der Waals surface area contributed by atoms with Gasteiger partial charge in [0.15, 0.2) is 0 Å². The second kappa shape index (κ2) is 4.53. The number of benzene rings is 2. The molecule has 4 heteroatoms. The predicted octanol–water partition coefficient (Wildman–Crippen LogP) is 4.13. The van der Waals surface area contributed by atoms with E-state index in [1.807, 2.05) is 36.4 Å². The first-order chi connectivity index (χ1) is 9.83. The fourth-order valence-corrected chi connectivity index (χ4v) is 3.02. The molecule has 1 N–H and O–H groups in total. The number of para-hydroxylation sites is 2. The lowest BCUT2D eigenvalue weighted by molar-refractivity contribution is 0.275. The van der Waals surface area contributed by atoms with E-state index >= 15 is 0 Å². The van der Waals surface area contributed by atoms with Gasteiger partial charge in [-0.05, 0) is 24.6 Å². The zero-order valence-corrected chi connectivity index (χ0v) is 11.5. The molecule has 0 bridgehead atoms. The Morgan fingerprint density at radius 3 is 2.95 bits per heavy atom. The molecule has 1 aromatic heterocycles. The van der Waals surface area contributed by atoms with Gasteiger partial charge in [0.25, 0.3) is 0 Å². The fraction of sp³-hybridized carbons (Fsp3) is 0.188. The minimum atomic E-state index is 0.239. The van der Waals surface area contributed by atoms with Gasteiger partial charge in [-0.1, -0.05) is 35.9 Å². The number of fused-ring (bicyclic) bond motifs is 2. The first kappa shape index (κ1) is 11.8. The lowest BCUT2D eigenvalue weighted by Crippen LogP contribution is -2.16. The number of hydrogen-bond acceptors (Lipinski definition) is 2. The fourth-order valence-electron chi connectivity index (χ4n) is 2.81. The van der Waals surface area contributed by atoms with Gasteiger partial charge in [-0.2, -0.15) is 0 Å². The first-order valence-electron chi connectivity index (χ1n) is 6.69. The van der Waals surface area contributed by atoms with Crippen LogP contribution in [0.4, 0.5) is 0 Å². The van der Waals surface area contributed by atoms with E-state index in [4.69, 9.17) is 21.3 Å². The van der Waals surface area contributed by atoms with Crippen LogP contribution in [0.3, 0.4) is 0 Å². The Morgan fingerprint density at radius 2 is 2.05 bits per heavy atom. The molecule has 2 aromatic carbocycles. The minimum Gasteiger partial charge on any atom is -0.493 e. The first-order valence-corrected chi connectivity index (χ1v) is 7.06. The van der Waals surface area contributed by atoms with Gasteiger partial charge in [0.2, 0.25) is 0 Å². The highest BCUT2D eigenvalue weighted by Crippen LogP contribution is 2.37. The highest BCUT2D eigenvalue weighted by atomic mass is 35.5. The maximum absolute atomic E-state index is 6.20. The van der Waals surface area contributed by atoms with Gasteiger partial charge < -0.3 is 9.72 Å². The number of nitrogens with zero attached hydrogens (tertiary/aromatic N) is 1. The zero-order chi connectivity index (χ0) is 13.5. The van der Waals surface area contributed by atoms with Crippen molar-refractivity contribution in [1.29, 1.82) is 0 Å². The molecule has 4 rings (SSSR count). The summed E-state index contributed by atoms with van der Waals surface area (Å²) < 4.78 is 5.71. The topological polar surface area (TPSA) is 37.9 Å². The Bertz CT molecular complexity index is 781. The van der Waals surface area contributed by atoms with Crippen LogP contribution in [-0.4, -0.2) is 16.6 Å². The van der Waals surface area contributed by atoms with Crippen molar-refractivity contribution < 1.29 is 4.74 Å². The number of halogens is 1. The Balaban J connectivity index is 1.86. The van der Waals surface area contributed by atoms with Crippen molar-refractivity contribution in [3.8, 4) is 5.75 Å². The summed E-state index contributed by atoms with van der Waals surface area (Å²) in [6, 6.07) is 14.0. The minimum absolute atomic E-state index is 0.239. The highest BCUT2D eigenvalue weighted by molar-refractivity contribution is 6.34. The van der Waals surface area contributed by atoms with Crippen LogP contribution in [0.25, 0.3) is 11.0 Å². The maximum Gasteiger partial charge on any atom is 0.123 e. The lowest BCUT2D eigenvalue weighted by Gasteiger charge is -2.24. The third-order valence-electron chi connectivity index (χ3n) is 3.77. The summed E-state index contributed by atoms with van der Waals surface area (Å²) in [5.74, 6) is 2.16. The second-order valence-electron chi connectivity index (χ2n) is 4.99. The van der Waals surface area contributed by atoms with Gasteiger partial charge in [0.1, 0.15) is 17.1 Å². The molecule has 0 aliphatic carbocycles. The van der Waals surface area contributed by atoms with E-state index in [9.17, 15) is 0 Å². The standard InChI is InChI=1S/C16H13ClN2O/c17-12-5-3-6-13-15(12)19-16(18-13)11-8-9-20-14-7-2-1-4-10(11)14/h1-7,11H,8-9H2,(H,18,19). The molecular weight excluding hydrogens is 272 g/mol. The van der Waals surface area contributed by atoms with Crippen molar-refractivity contribution in [3.63, 3.8) is 0 Å². The number of ether oxygens (including phenoxy) is 1. The molecule has 3 nitrogen and oxygen atoms in total. The van der Waals surface area contributed by atoms with E-state index in [0.717, 1.165) is 29.0 Å². The second-order valence-corrected chi connectivity index (χ2v) is 5.39. The van der Waals surface area contributed by atoms with Crippen molar-refractivity contribution in [2.24, 2.45) is 0 Å². The van der Waals surface area contributed by atoms with Crippen LogP contribution in [0.2, 0.25) is 5.02 Å². The zero-order valence-electron chi connectivity index (χ0n) is 10.8. The third kappa shape index (κ3) is 1.78. The summed E-state index contributed by atoms with van der Waals surface area (Å²) in [6.45, 7) is 0.715. The van der Waals surface area contributed by atoms with Crippen molar-refractivity contribution in [3.05, 3.63) is 58.9 Å². The molecular formula is C16H13ClN2O.